The highest BCUT2D eigenvalue weighted by molar-refractivity contribution is 9.10. The molecular weight excluding hydrogens is 386 g/mol. The lowest BCUT2D eigenvalue weighted by molar-refractivity contribution is 1.19. The number of rotatable bonds is 4. The Balaban J connectivity index is 1.72. The standard InChI is InChI=1S/C16H13BrClNS2/c1-10-5-13(17)15(7-14(10)18)19-8-12-6-11(9-21-12)16-3-2-4-20-16/h2-7,9,19H,8H2,1H3. The molecule has 0 aliphatic heterocycles. The van der Waals surface area contributed by atoms with E-state index >= 15 is 0 Å². The molecule has 0 spiro atoms. The van der Waals surface area contributed by atoms with Crippen LogP contribution in [-0.4, -0.2) is 0 Å². The molecule has 0 atom stereocenters. The van der Waals surface area contributed by atoms with Gasteiger partial charge in [-0.25, -0.2) is 0 Å². The van der Waals surface area contributed by atoms with Gasteiger partial charge in [-0.05, 0) is 63.4 Å². The smallest absolute Gasteiger partial charge is 0.0502 e. The van der Waals surface area contributed by atoms with Crippen molar-refractivity contribution in [3.63, 3.8) is 0 Å². The molecule has 0 bridgehead atoms. The van der Waals surface area contributed by atoms with Crippen molar-refractivity contribution in [2.45, 2.75) is 13.5 Å². The van der Waals surface area contributed by atoms with Gasteiger partial charge in [0.05, 0.1) is 5.69 Å². The monoisotopic (exact) mass is 397 g/mol. The fourth-order valence-corrected chi connectivity index (χ4v) is 4.38. The van der Waals surface area contributed by atoms with Gasteiger partial charge in [0.1, 0.15) is 0 Å². The van der Waals surface area contributed by atoms with Crippen molar-refractivity contribution < 1.29 is 0 Å². The highest BCUT2D eigenvalue weighted by Crippen LogP contribution is 2.32. The van der Waals surface area contributed by atoms with Crippen molar-refractivity contribution in [1.82, 2.24) is 0 Å². The molecule has 0 saturated heterocycles. The molecule has 2 heterocycles. The molecule has 0 aliphatic carbocycles. The molecule has 1 nitrogen and oxygen atoms in total. The van der Waals surface area contributed by atoms with Gasteiger partial charge in [-0.1, -0.05) is 17.7 Å². The van der Waals surface area contributed by atoms with Crippen LogP contribution in [0.5, 0.6) is 0 Å². The molecule has 0 amide bonds. The predicted octanol–water partition coefficient (Wildman–Crippen LogP) is 6.81. The summed E-state index contributed by atoms with van der Waals surface area (Å²) in [5.41, 5.74) is 3.40. The third kappa shape index (κ3) is 3.51. The van der Waals surface area contributed by atoms with Crippen LogP contribution in [0.2, 0.25) is 5.02 Å². The van der Waals surface area contributed by atoms with Crippen LogP contribution in [0.4, 0.5) is 5.69 Å². The highest BCUT2D eigenvalue weighted by atomic mass is 79.9. The number of nitrogens with one attached hydrogen (secondary N) is 1. The van der Waals surface area contributed by atoms with Gasteiger partial charge in [-0.3, -0.25) is 0 Å². The SMILES string of the molecule is Cc1cc(Br)c(NCc2cc(-c3cccs3)cs2)cc1Cl. The van der Waals surface area contributed by atoms with Crippen LogP contribution in [0, 0.1) is 6.92 Å². The van der Waals surface area contributed by atoms with Crippen LogP contribution in [0.1, 0.15) is 10.4 Å². The van der Waals surface area contributed by atoms with Gasteiger partial charge in [0.15, 0.2) is 0 Å². The van der Waals surface area contributed by atoms with E-state index < -0.39 is 0 Å². The Morgan fingerprint density at radius 1 is 1.24 bits per heavy atom. The third-order valence-corrected chi connectivity index (χ3v) is 6.08. The molecule has 108 valence electrons. The summed E-state index contributed by atoms with van der Waals surface area (Å²) in [5, 5.41) is 8.54. The fraction of sp³-hybridized carbons (Fsp3) is 0.125. The largest absolute Gasteiger partial charge is 0.379 e. The number of thiophene rings is 2. The lowest BCUT2D eigenvalue weighted by atomic mass is 10.2. The maximum Gasteiger partial charge on any atom is 0.0502 e. The Hall–Kier alpha value is -0.810. The number of halogens is 2. The van der Waals surface area contributed by atoms with E-state index in [1.54, 1.807) is 22.7 Å². The number of hydrogen-bond donors (Lipinski definition) is 1. The van der Waals surface area contributed by atoms with Crippen LogP contribution in [0.15, 0.2) is 45.6 Å². The normalized spacial score (nSPS) is 10.8. The Bertz CT molecular complexity index is 750. The first-order chi connectivity index (χ1) is 10.1. The molecule has 2 aromatic heterocycles. The Morgan fingerprint density at radius 3 is 2.86 bits per heavy atom. The second kappa shape index (κ2) is 6.53. The second-order valence-electron chi connectivity index (χ2n) is 4.71. The summed E-state index contributed by atoms with van der Waals surface area (Å²) in [5.74, 6) is 0. The van der Waals surface area contributed by atoms with E-state index in [4.69, 9.17) is 11.6 Å². The second-order valence-corrected chi connectivity index (χ2v) is 7.92. The first-order valence-corrected chi connectivity index (χ1v) is 9.37. The van der Waals surface area contributed by atoms with Gasteiger partial charge >= 0.3 is 0 Å². The van der Waals surface area contributed by atoms with Gasteiger partial charge in [0.25, 0.3) is 0 Å². The summed E-state index contributed by atoms with van der Waals surface area (Å²) in [4.78, 5) is 2.62. The van der Waals surface area contributed by atoms with Crippen LogP contribution in [-0.2, 0) is 6.54 Å². The van der Waals surface area contributed by atoms with Crippen molar-refractivity contribution in [2.24, 2.45) is 0 Å². The molecular formula is C16H13BrClNS2. The van der Waals surface area contributed by atoms with E-state index in [9.17, 15) is 0 Å². The van der Waals surface area contributed by atoms with Crippen molar-refractivity contribution >= 4 is 55.9 Å². The molecule has 0 saturated carbocycles. The zero-order chi connectivity index (χ0) is 14.8. The molecule has 1 N–H and O–H groups in total. The van der Waals surface area contributed by atoms with Gasteiger partial charge in [0.2, 0.25) is 0 Å². The summed E-state index contributed by atoms with van der Waals surface area (Å²) >= 11 is 13.3. The van der Waals surface area contributed by atoms with Gasteiger partial charge < -0.3 is 5.32 Å². The van der Waals surface area contributed by atoms with E-state index in [-0.39, 0.29) is 0 Å². The van der Waals surface area contributed by atoms with Crippen molar-refractivity contribution in [3.8, 4) is 10.4 Å². The summed E-state index contributed by atoms with van der Waals surface area (Å²) in [6, 6.07) is 10.5. The van der Waals surface area contributed by atoms with E-state index in [0.717, 1.165) is 27.3 Å². The maximum atomic E-state index is 6.18. The zero-order valence-corrected chi connectivity index (χ0v) is 15.3. The maximum absolute atomic E-state index is 6.18. The Morgan fingerprint density at radius 2 is 2.10 bits per heavy atom. The quantitative estimate of drug-likeness (QED) is 0.509. The lowest BCUT2D eigenvalue weighted by Gasteiger charge is -2.09. The minimum atomic E-state index is 0.783. The van der Waals surface area contributed by atoms with Crippen LogP contribution in [0.3, 0.4) is 0 Å². The topological polar surface area (TPSA) is 12.0 Å². The number of aryl methyl sites for hydroxylation is 1. The molecule has 0 radical (unpaired) electrons. The molecule has 5 heteroatoms. The molecule has 1 aromatic carbocycles. The van der Waals surface area contributed by atoms with Gasteiger partial charge in [0, 0.05) is 31.4 Å². The Kier molecular flexibility index (Phi) is 4.69. The van der Waals surface area contributed by atoms with Crippen molar-refractivity contribution in [3.05, 3.63) is 61.0 Å². The molecule has 3 rings (SSSR count). The minimum absolute atomic E-state index is 0.783. The molecule has 0 fully saturated rings. The molecule has 21 heavy (non-hydrogen) atoms. The van der Waals surface area contributed by atoms with Crippen LogP contribution in [0.25, 0.3) is 10.4 Å². The van der Waals surface area contributed by atoms with E-state index in [2.05, 4.69) is 50.2 Å². The average Bonchev–Trinajstić information content (AvgIpc) is 3.11. The van der Waals surface area contributed by atoms with E-state index in [1.165, 1.54) is 15.3 Å². The molecule has 3 aromatic rings. The van der Waals surface area contributed by atoms with Crippen LogP contribution >= 0.6 is 50.2 Å². The summed E-state index contributed by atoms with van der Waals surface area (Å²) < 4.78 is 1.04. The molecule has 0 aliphatic rings. The van der Waals surface area contributed by atoms with Crippen LogP contribution < -0.4 is 5.32 Å². The Labute approximate surface area is 145 Å². The summed E-state index contributed by atoms with van der Waals surface area (Å²) in [6.45, 7) is 2.80. The lowest BCUT2D eigenvalue weighted by Crippen LogP contribution is -1.98. The highest BCUT2D eigenvalue weighted by Gasteiger charge is 2.06. The summed E-state index contributed by atoms with van der Waals surface area (Å²) in [7, 11) is 0. The van der Waals surface area contributed by atoms with E-state index in [0.29, 0.717) is 0 Å². The summed E-state index contributed by atoms with van der Waals surface area (Å²) in [6.07, 6.45) is 0. The van der Waals surface area contributed by atoms with Gasteiger partial charge in [-0.2, -0.15) is 0 Å². The van der Waals surface area contributed by atoms with Gasteiger partial charge in [-0.15, -0.1) is 22.7 Å². The average molecular weight is 399 g/mol. The van der Waals surface area contributed by atoms with E-state index in [1.807, 2.05) is 19.1 Å². The first-order valence-electron chi connectivity index (χ1n) is 6.44. The predicted molar refractivity (Wildman–Crippen MR) is 98.8 cm³/mol. The first kappa shape index (κ1) is 15.1. The zero-order valence-electron chi connectivity index (χ0n) is 11.3. The van der Waals surface area contributed by atoms with Crippen molar-refractivity contribution in [2.75, 3.05) is 5.32 Å². The number of benzene rings is 1. The fourth-order valence-electron chi connectivity index (χ4n) is 2.01. The molecule has 0 unspecified atom stereocenters. The third-order valence-electron chi connectivity index (χ3n) is 3.16. The number of anilines is 1. The minimum Gasteiger partial charge on any atom is -0.379 e. The number of hydrogen-bond acceptors (Lipinski definition) is 3. The van der Waals surface area contributed by atoms with Crippen molar-refractivity contribution in [1.29, 1.82) is 0 Å².